The van der Waals surface area contributed by atoms with Crippen molar-refractivity contribution in [3.05, 3.63) is 60.7 Å². The highest BCUT2D eigenvalue weighted by molar-refractivity contribution is 5.98. The highest BCUT2D eigenvalue weighted by atomic mass is 16.2. The number of carbonyl (C=O) groups excluding carboxylic acids is 2. The van der Waals surface area contributed by atoms with E-state index in [4.69, 9.17) is 0 Å². The summed E-state index contributed by atoms with van der Waals surface area (Å²) in [6.07, 6.45) is 16.9. The molecule has 3 N–H and O–H groups in total. The van der Waals surface area contributed by atoms with Crippen molar-refractivity contribution in [2.24, 2.45) is 34.5 Å². The van der Waals surface area contributed by atoms with Gasteiger partial charge in [0, 0.05) is 28.0 Å². The number of benzene rings is 2. The zero-order valence-corrected chi connectivity index (χ0v) is 23.2. The largest absolute Gasteiger partial charge is 0.354 e. The molecule has 5 saturated carbocycles. The summed E-state index contributed by atoms with van der Waals surface area (Å²) in [5, 5.41) is 7.64. The van der Waals surface area contributed by atoms with Crippen LogP contribution in [0, 0.1) is 34.5 Å². The SMILES string of the molecule is O=C(Nc1ccc(-c2cc3ccc(NC(=O)C45CC6CC(CC(C6)C4)C5)cc3[nH]2)cc1)C12CC=CC(CCC1)C2. The maximum Gasteiger partial charge on any atom is 0.230 e. The smallest absolute Gasteiger partial charge is 0.230 e. The summed E-state index contributed by atoms with van der Waals surface area (Å²) in [6.45, 7) is 0. The predicted octanol–water partition coefficient (Wildman–Crippen LogP) is 8.06. The lowest BCUT2D eigenvalue weighted by atomic mass is 9.49. The molecule has 0 spiro atoms. The summed E-state index contributed by atoms with van der Waals surface area (Å²) in [4.78, 5) is 30.4. The monoisotopic (exact) mass is 533 g/mol. The quantitative estimate of drug-likeness (QED) is 0.290. The van der Waals surface area contributed by atoms with Crippen LogP contribution in [0.5, 0.6) is 0 Å². The molecule has 5 heteroatoms. The average Bonchev–Trinajstić information content (AvgIpc) is 3.36. The van der Waals surface area contributed by atoms with Crippen LogP contribution in [0.15, 0.2) is 60.7 Å². The maximum atomic E-state index is 13.5. The summed E-state index contributed by atoms with van der Waals surface area (Å²) >= 11 is 0. The van der Waals surface area contributed by atoms with Gasteiger partial charge in [-0.25, -0.2) is 0 Å². The van der Waals surface area contributed by atoms with Crippen molar-refractivity contribution in [3.8, 4) is 11.3 Å². The highest BCUT2D eigenvalue weighted by Crippen LogP contribution is 2.60. The molecule has 0 radical (unpaired) electrons. The van der Waals surface area contributed by atoms with E-state index in [1.807, 2.05) is 18.2 Å². The second-order valence-electron chi connectivity index (χ2n) is 13.9. The molecule has 6 bridgehead atoms. The van der Waals surface area contributed by atoms with E-state index >= 15 is 0 Å². The number of H-pyrrole nitrogens is 1. The average molecular weight is 534 g/mol. The van der Waals surface area contributed by atoms with Crippen LogP contribution in [0.25, 0.3) is 22.2 Å². The lowest BCUT2D eigenvalue weighted by Gasteiger charge is -2.55. The first-order chi connectivity index (χ1) is 19.5. The molecule has 2 aromatic carbocycles. The number of anilines is 2. The van der Waals surface area contributed by atoms with Crippen LogP contribution in [0.3, 0.4) is 0 Å². The fourth-order valence-electron chi connectivity index (χ4n) is 9.55. The molecule has 206 valence electrons. The molecule has 1 aromatic heterocycles. The summed E-state index contributed by atoms with van der Waals surface area (Å²) in [5.74, 6) is 3.24. The minimum absolute atomic E-state index is 0.145. The van der Waals surface area contributed by atoms with Gasteiger partial charge >= 0.3 is 0 Å². The fourth-order valence-corrected chi connectivity index (χ4v) is 9.55. The first kappa shape index (κ1) is 24.5. The van der Waals surface area contributed by atoms with Crippen molar-refractivity contribution < 1.29 is 9.59 Å². The molecule has 0 saturated heterocycles. The van der Waals surface area contributed by atoms with E-state index < -0.39 is 0 Å². The Kier molecular flexibility index (Phi) is 5.56. The Labute approximate surface area is 236 Å². The van der Waals surface area contributed by atoms with Crippen LogP contribution >= 0.6 is 0 Å². The number of hydrogen-bond donors (Lipinski definition) is 3. The number of rotatable bonds is 5. The number of allylic oxidation sites excluding steroid dienone is 2. The van der Waals surface area contributed by atoms with Crippen LogP contribution in [0.2, 0.25) is 0 Å². The van der Waals surface area contributed by atoms with Crippen molar-refractivity contribution in [2.75, 3.05) is 10.6 Å². The second kappa shape index (κ2) is 9.09. The lowest BCUT2D eigenvalue weighted by molar-refractivity contribution is -0.140. The third-order valence-corrected chi connectivity index (χ3v) is 11.1. The van der Waals surface area contributed by atoms with Crippen molar-refractivity contribution >= 4 is 34.1 Å². The van der Waals surface area contributed by atoms with Crippen LogP contribution in [0.1, 0.15) is 70.6 Å². The number of aromatic amines is 1. The number of carbonyl (C=O) groups is 2. The Bertz CT molecular complexity index is 1480. The normalized spacial score (nSPS) is 33.7. The van der Waals surface area contributed by atoms with E-state index in [0.717, 1.165) is 96.2 Å². The van der Waals surface area contributed by atoms with E-state index in [-0.39, 0.29) is 22.6 Å². The van der Waals surface area contributed by atoms with Crippen molar-refractivity contribution in [1.29, 1.82) is 0 Å². The van der Waals surface area contributed by atoms with Gasteiger partial charge < -0.3 is 15.6 Å². The molecule has 3 aromatic rings. The lowest BCUT2D eigenvalue weighted by Crippen LogP contribution is -2.51. The molecule has 5 nitrogen and oxygen atoms in total. The van der Waals surface area contributed by atoms with Crippen molar-refractivity contribution in [3.63, 3.8) is 0 Å². The van der Waals surface area contributed by atoms with Crippen LogP contribution in [0.4, 0.5) is 11.4 Å². The highest BCUT2D eigenvalue weighted by Gasteiger charge is 2.54. The summed E-state index contributed by atoms with van der Waals surface area (Å²) < 4.78 is 0. The summed E-state index contributed by atoms with van der Waals surface area (Å²) in [6, 6.07) is 16.5. The molecule has 1 heterocycles. The molecule has 2 amide bonds. The summed E-state index contributed by atoms with van der Waals surface area (Å²) in [5.41, 5.74) is 4.47. The molecule has 0 aliphatic heterocycles. The second-order valence-corrected chi connectivity index (χ2v) is 13.9. The molecule has 6 aliphatic carbocycles. The third-order valence-electron chi connectivity index (χ3n) is 11.1. The van der Waals surface area contributed by atoms with E-state index in [1.165, 1.54) is 25.7 Å². The van der Waals surface area contributed by atoms with Gasteiger partial charge in [0.1, 0.15) is 0 Å². The van der Waals surface area contributed by atoms with Crippen LogP contribution < -0.4 is 10.6 Å². The summed E-state index contributed by atoms with van der Waals surface area (Å²) in [7, 11) is 0. The molecule has 6 aliphatic rings. The van der Waals surface area contributed by atoms with Crippen LogP contribution in [-0.4, -0.2) is 16.8 Å². The molecule has 5 fully saturated rings. The van der Waals surface area contributed by atoms with Gasteiger partial charge in [-0.3, -0.25) is 9.59 Å². The first-order valence-electron chi connectivity index (χ1n) is 15.5. The number of amides is 2. The van der Waals surface area contributed by atoms with Gasteiger partial charge in [0.15, 0.2) is 0 Å². The zero-order valence-electron chi connectivity index (χ0n) is 23.2. The molecule has 2 unspecified atom stereocenters. The van der Waals surface area contributed by atoms with E-state index in [2.05, 4.69) is 58.1 Å². The number of fused-ring (bicyclic) bond motifs is 3. The third kappa shape index (κ3) is 4.12. The van der Waals surface area contributed by atoms with E-state index in [9.17, 15) is 9.59 Å². The minimum atomic E-state index is -0.240. The fraction of sp³-hybridized carbons (Fsp3) is 0.486. The van der Waals surface area contributed by atoms with E-state index in [0.29, 0.717) is 5.92 Å². The topological polar surface area (TPSA) is 74.0 Å². The Balaban J connectivity index is 0.964. The van der Waals surface area contributed by atoms with Crippen molar-refractivity contribution in [1.82, 2.24) is 4.98 Å². The molecular formula is C35H39N3O2. The Hall–Kier alpha value is -3.34. The Morgan fingerprint density at radius 2 is 1.45 bits per heavy atom. The standard InChI is InChI=1S/C35H39N3O2/c39-32(34-11-1-3-22(18-34)4-2-12-34)36-28-8-5-26(6-9-28)30-16-27-7-10-29(17-31(27)38-30)37-33(40)35-19-23-13-24(20-35)15-25(14-23)21-35/h1,3,5-10,16-17,22-25,38H,2,4,11-15,18-21H2,(H,36,39)(H,37,40). The molecule has 40 heavy (non-hydrogen) atoms. The van der Waals surface area contributed by atoms with Crippen LogP contribution in [-0.2, 0) is 9.59 Å². The van der Waals surface area contributed by atoms with Gasteiger partial charge in [-0.2, -0.15) is 0 Å². The number of aromatic nitrogens is 1. The van der Waals surface area contributed by atoms with Gasteiger partial charge in [-0.1, -0.05) is 36.8 Å². The zero-order chi connectivity index (χ0) is 26.9. The molecule has 9 rings (SSSR count). The predicted molar refractivity (Wildman–Crippen MR) is 160 cm³/mol. The van der Waals surface area contributed by atoms with Crippen molar-refractivity contribution in [2.45, 2.75) is 70.6 Å². The van der Waals surface area contributed by atoms with Gasteiger partial charge in [-0.15, -0.1) is 0 Å². The number of nitrogens with one attached hydrogen (secondary N) is 3. The van der Waals surface area contributed by atoms with Gasteiger partial charge in [0.2, 0.25) is 11.8 Å². The van der Waals surface area contributed by atoms with Gasteiger partial charge in [-0.05, 0) is 124 Å². The van der Waals surface area contributed by atoms with Gasteiger partial charge in [0.25, 0.3) is 0 Å². The Morgan fingerprint density at radius 3 is 2.20 bits per heavy atom. The maximum absolute atomic E-state index is 13.5. The van der Waals surface area contributed by atoms with E-state index in [1.54, 1.807) is 0 Å². The minimum Gasteiger partial charge on any atom is -0.354 e. The molecule has 2 atom stereocenters. The Morgan fingerprint density at radius 1 is 0.775 bits per heavy atom. The number of hydrogen-bond acceptors (Lipinski definition) is 2. The molecular weight excluding hydrogens is 494 g/mol. The van der Waals surface area contributed by atoms with Gasteiger partial charge in [0.05, 0.1) is 10.8 Å². The first-order valence-corrected chi connectivity index (χ1v) is 15.5.